The zero-order valence-corrected chi connectivity index (χ0v) is 18.6. The van der Waals surface area contributed by atoms with E-state index in [1.165, 1.54) is 25.3 Å². The number of pyridine rings is 1. The van der Waals surface area contributed by atoms with Gasteiger partial charge in [-0.3, -0.25) is 4.90 Å². The summed E-state index contributed by atoms with van der Waals surface area (Å²) in [7, 11) is -2.91. The molecule has 168 valence electrons. The predicted octanol–water partition coefficient (Wildman–Crippen LogP) is 3.28. The van der Waals surface area contributed by atoms with Gasteiger partial charge in [-0.05, 0) is 54.1 Å². The second-order valence-electron chi connectivity index (χ2n) is 8.62. The third kappa shape index (κ3) is 7.19. The molecular formula is C21H34N4O4S. The molecule has 2 fully saturated rings. The van der Waals surface area contributed by atoms with Crippen molar-refractivity contribution in [1.82, 2.24) is 9.88 Å². The Bertz CT molecular complexity index is 788. The molecule has 0 spiro atoms. The number of unbranched alkanes of at least 4 members (excludes halogenated alkanes) is 2. The average Bonchev–Trinajstić information content (AvgIpc) is 2.74. The van der Waals surface area contributed by atoms with E-state index in [0.717, 1.165) is 64.8 Å². The summed E-state index contributed by atoms with van der Waals surface area (Å²) >= 11 is 0. The topological polar surface area (TPSA) is 96.6 Å². The summed E-state index contributed by atoms with van der Waals surface area (Å²) in [5, 5.41) is 10.9. The SMILES string of the molecule is O=[N+]([O-])c1cccc(N2CCN(CCCCCS(=O)(=O)CC3CCCCC3)CC2)n1. The molecule has 1 saturated heterocycles. The van der Waals surface area contributed by atoms with Crippen molar-refractivity contribution in [2.24, 2.45) is 5.92 Å². The first-order valence-corrected chi connectivity index (χ1v) is 13.0. The molecule has 0 unspecified atom stereocenters. The van der Waals surface area contributed by atoms with Crippen molar-refractivity contribution >= 4 is 21.5 Å². The number of piperazine rings is 1. The lowest BCUT2D eigenvalue weighted by Crippen LogP contribution is -2.46. The van der Waals surface area contributed by atoms with E-state index in [1.807, 2.05) is 6.07 Å². The Morgan fingerprint density at radius 3 is 2.47 bits per heavy atom. The van der Waals surface area contributed by atoms with Crippen molar-refractivity contribution in [1.29, 1.82) is 0 Å². The van der Waals surface area contributed by atoms with Gasteiger partial charge in [0.1, 0.15) is 0 Å². The van der Waals surface area contributed by atoms with Crippen LogP contribution in [0.15, 0.2) is 18.2 Å². The van der Waals surface area contributed by atoms with E-state index in [0.29, 0.717) is 23.2 Å². The Kier molecular flexibility index (Phi) is 8.44. The van der Waals surface area contributed by atoms with E-state index >= 15 is 0 Å². The lowest BCUT2D eigenvalue weighted by atomic mass is 9.91. The van der Waals surface area contributed by atoms with Gasteiger partial charge < -0.3 is 15.0 Å². The Hall–Kier alpha value is -1.74. The summed E-state index contributed by atoms with van der Waals surface area (Å²) in [6, 6.07) is 4.90. The number of nitrogens with zero attached hydrogens (tertiary/aromatic N) is 4. The number of hydrogen-bond acceptors (Lipinski definition) is 7. The minimum absolute atomic E-state index is 0.117. The molecule has 1 aromatic rings. The summed E-state index contributed by atoms with van der Waals surface area (Å²) < 4.78 is 24.7. The maximum absolute atomic E-state index is 12.3. The van der Waals surface area contributed by atoms with Gasteiger partial charge in [-0.1, -0.05) is 25.7 Å². The first kappa shape index (κ1) is 22.9. The van der Waals surface area contributed by atoms with Gasteiger partial charge in [0.2, 0.25) is 5.82 Å². The van der Waals surface area contributed by atoms with Crippen LogP contribution >= 0.6 is 0 Å². The van der Waals surface area contributed by atoms with Crippen molar-refractivity contribution < 1.29 is 13.3 Å². The zero-order valence-electron chi connectivity index (χ0n) is 17.7. The molecule has 3 rings (SSSR count). The molecule has 9 heteroatoms. The van der Waals surface area contributed by atoms with Gasteiger partial charge in [0.25, 0.3) is 0 Å². The van der Waals surface area contributed by atoms with Crippen molar-refractivity contribution in [3.05, 3.63) is 28.3 Å². The number of nitro groups is 1. The van der Waals surface area contributed by atoms with Crippen LogP contribution in [0.25, 0.3) is 0 Å². The summed E-state index contributed by atoms with van der Waals surface area (Å²) in [5.41, 5.74) is 0. The molecule has 0 radical (unpaired) electrons. The highest BCUT2D eigenvalue weighted by Crippen LogP contribution is 2.25. The van der Waals surface area contributed by atoms with Gasteiger partial charge in [0, 0.05) is 38.3 Å². The first-order valence-electron chi connectivity index (χ1n) is 11.2. The Labute approximate surface area is 179 Å². The molecular weight excluding hydrogens is 404 g/mol. The number of rotatable bonds is 10. The molecule has 1 saturated carbocycles. The van der Waals surface area contributed by atoms with Crippen molar-refractivity contribution in [3.63, 3.8) is 0 Å². The standard InChI is InChI=1S/C21H34N4O4S/c26-25(27)21-11-7-10-20(22-21)24-15-13-23(14-16-24)12-5-2-6-17-30(28,29)18-19-8-3-1-4-9-19/h7,10-11,19H,1-6,8-9,12-18H2. The van der Waals surface area contributed by atoms with E-state index in [9.17, 15) is 18.5 Å². The van der Waals surface area contributed by atoms with Crippen molar-refractivity contribution in [2.75, 3.05) is 49.1 Å². The van der Waals surface area contributed by atoms with Gasteiger partial charge in [-0.2, -0.15) is 0 Å². The maximum Gasteiger partial charge on any atom is 0.365 e. The molecule has 0 bridgehead atoms. The molecule has 30 heavy (non-hydrogen) atoms. The van der Waals surface area contributed by atoms with E-state index < -0.39 is 14.8 Å². The van der Waals surface area contributed by atoms with Gasteiger partial charge >= 0.3 is 5.82 Å². The predicted molar refractivity (Wildman–Crippen MR) is 119 cm³/mol. The molecule has 0 aromatic carbocycles. The van der Waals surface area contributed by atoms with Gasteiger partial charge in [-0.25, -0.2) is 8.42 Å². The van der Waals surface area contributed by atoms with E-state index in [4.69, 9.17) is 0 Å². The lowest BCUT2D eigenvalue weighted by molar-refractivity contribution is -0.389. The largest absolute Gasteiger partial charge is 0.365 e. The Morgan fingerprint density at radius 1 is 1.03 bits per heavy atom. The minimum atomic E-state index is -2.91. The van der Waals surface area contributed by atoms with Crippen LogP contribution in [0.5, 0.6) is 0 Å². The van der Waals surface area contributed by atoms with E-state index in [-0.39, 0.29) is 5.82 Å². The Morgan fingerprint density at radius 2 is 1.77 bits per heavy atom. The van der Waals surface area contributed by atoms with Crippen molar-refractivity contribution in [3.8, 4) is 0 Å². The molecule has 0 N–H and O–H groups in total. The molecule has 0 atom stereocenters. The zero-order chi connectivity index (χ0) is 21.4. The van der Waals surface area contributed by atoms with Crippen LogP contribution < -0.4 is 4.90 Å². The fourth-order valence-corrected chi connectivity index (χ4v) is 6.38. The minimum Gasteiger partial charge on any atom is -0.358 e. The van der Waals surface area contributed by atoms with Crippen LogP contribution in [-0.2, 0) is 9.84 Å². The van der Waals surface area contributed by atoms with E-state index in [1.54, 1.807) is 6.07 Å². The molecule has 2 heterocycles. The van der Waals surface area contributed by atoms with Crippen LogP contribution in [0.1, 0.15) is 51.4 Å². The quantitative estimate of drug-likeness (QED) is 0.314. The second kappa shape index (κ2) is 11.0. The highest BCUT2D eigenvalue weighted by Gasteiger charge is 2.23. The summed E-state index contributed by atoms with van der Waals surface area (Å²) in [5.74, 6) is 1.65. The van der Waals surface area contributed by atoms with Gasteiger partial charge in [0.15, 0.2) is 9.84 Å². The summed E-state index contributed by atoms with van der Waals surface area (Å²) in [4.78, 5) is 19.0. The average molecular weight is 439 g/mol. The van der Waals surface area contributed by atoms with Gasteiger partial charge in [-0.15, -0.1) is 0 Å². The van der Waals surface area contributed by atoms with Crippen LogP contribution in [0.3, 0.4) is 0 Å². The lowest BCUT2D eigenvalue weighted by Gasteiger charge is -2.34. The summed E-state index contributed by atoms with van der Waals surface area (Å²) in [6.45, 7) is 4.35. The molecule has 8 nitrogen and oxygen atoms in total. The third-order valence-electron chi connectivity index (χ3n) is 6.25. The normalized spacial score (nSPS) is 19.1. The van der Waals surface area contributed by atoms with Crippen LogP contribution in [0.2, 0.25) is 0 Å². The molecule has 2 aliphatic rings. The monoisotopic (exact) mass is 438 g/mol. The van der Waals surface area contributed by atoms with Crippen LogP contribution in [0.4, 0.5) is 11.6 Å². The number of hydrogen-bond donors (Lipinski definition) is 0. The smallest absolute Gasteiger partial charge is 0.358 e. The number of sulfone groups is 1. The number of aromatic nitrogens is 1. The highest BCUT2D eigenvalue weighted by atomic mass is 32.2. The number of anilines is 1. The summed E-state index contributed by atoms with van der Waals surface area (Å²) in [6.07, 6.45) is 8.49. The van der Waals surface area contributed by atoms with Crippen LogP contribution in [-0.4, -0.2) is 67.5 Å². The molecule has 1 aromatic heterocycles. The maximum atomic E-state index is 12.3. The van der Waals surface area contributed by atoms with Crippen molar-refractivity contribution in [2.45, 2.75) is 51.4 Å². The van der Waals surface area contributed by atoms with E-state index in [2.05, 4.69) is 14.8 Å². The molecule has 1 aliphatic carbocycles. The second-order valence-corrected chi connectivity index (χ2v) is 10.8. The van der Waals surface area contributed by atoms with Crippen LogP contribution in [0, 0.1) is 16.0 Å². The third-order valence-corrected chi connectivity index (χ3v) is 8.14. The first-order chi connectivity index (χ1) is 14.4. The highest BCUT2D eigenvalue weighted by molar-refractivity contribution is 7.91. The Balaban J connectivity index is 1.30. The van der Waals surface area contributed by atoms with Gasteiger partial charge in [0.05, 0.1) is 11.5 Å². The molecule has 1 aliphatic heterocycles. The fraction of sp³-hybridized carbons (Fsp3) is 0.762. The molecule has 0 amide bonds. The fourth-order valence-electron chi connectivity index (χ4n) is 4.52.